The first-order valence-electron chi connectivity index (χ1n) is 2.87. The number of aromatic nitrogens is 2. The van der Waals surface area contributed by atoms with Gasteiger partial charge in [0, 0.05) is 17.0 Å². The topological polar surface area (TPSA) is 25.8 Å². The maximum Gasteiger partial charge on any atom is 0.153 e. The molecular formula is C6H3BrN2S2. The summed E-state index contributed by atoms with van der Waals surface area (Å²) in [6, 6.07) is 0. The van der Waals surface area contributed by atoms with Crippen LogP contribution in [-0.4, -0.2) is 9.97 Å². The fourth-order valence-corrected chi connectivity index (χ4v) is 2.63. The van der Waals surface area contributed by atoms with Crippen molar-refractivity contribution in [1.82, 2.24) is 9.97 Å². The van der Waals surface area contributed by atoms with Gasteiger partial charge in [-0.05, 0) is 15.9 Å². The van der Waals surface area contributed by atoms with Gasteiger partial charge in [-0.1, -0.05) is 0 Å². The first-order valence-corrected chi connectivity index (χ1v) is 5.42. The van der Waals surface area contributed by atoms with Crippen molar-refractivity contribution < 1.29 is 0 Å². The Balaban J connectivity index is 2.45. The van der Waals surface area contributed by atoms with Gasteiger partial charge in [-0.25, -0.2) is 9.97 Å². The van der Waals surface area contributed by atoms with Crippen molar-refractivity contribution in [3.8, 4) is 10.0 Å². The number of nitrogens with zero attached hydrogens (tertiary/aromatic N) is 2. The van der Waals surface area contributed by atoms with E-state index >= 15 is 0 Å². The minimum absolute atomic E-state index is 0.882. The van der Waals surface area contributed by atoms with Crippen LogP contribution in [0.25, 0.3) is 10.0 Å². The molecule has 0 N–H and O–H groups in total. The summed E-state index contributed by atoms with van der Waals surface area (Å²) in [6.45, 7) is 0. The Labute approximate surface area is 80.1 Å². The average molecular weight is 247 g/mol. The molecule has 0 radical (unpaired) electrons. The quantitative estimate of drug-likeness (QED) is 0.774. The zero-order chi connectivity index (χ0) is 7.68. The van der Waals surface area contributed by atoms with Crippen molar-refractivity contribution in [3.63, 3.8) is 0 Å². The first-order chi connectivity index (χ1) is 5.36. The van der Waals surface area contributed by atoms with Gasteiger partial charge in [0.25, 0.3) is 0 Å². The number of thiazole rings is 2. The summed E-state index contributed by atoms with van der Waals surface area (Å²) in [4.78, 5) is 8.38. The Hall–Kier alpha value is -0.260. The number of rotatable bonds is 1. The van der Waals surface area contributed by atoms with E-state index in [1.165, 1.54) is 0 Å². The predicted molar refractivity (Wildman–Crippen MR) is 50.9 cm³/mol. The molecule has 2 aromatic heterocycles. The van der Waals surface area contributed by atoms with Crippen LogP contribution in [0.3, 0.4) is 0 Å². The van der Waals surface area contributed by atoms with E-state index in [-0.39, 0.29) is 0 Å². The summed E-state index contributed by atoms with van der Waals surface area (Å²) in [5.41, 5.74) is 0. The van der Waals surface area contributed by atoms with Crippen LogP contribution in [0, 0.1) is 0 Å². The lowest BCUT2D eigenvalue weighted by Gasteiger charge is -1.82. The molecule has 0 bridgehead atoms. The lowest BCUT2D eigenvalue weighted by Crippen LogP contribution is -1.70. The summed E-state index contributed by atoms with van der Waals surface area (Å²) in [5, 5.41) is 5.87. The summed E-state index contributed by atoms with van der Waals surface area (Å²) in [7, 11) is 0. The minimum atomic E-state index is 0.882. The zero-order valence-electron chi connectivity index (χ0n) is 5.32. The number of halogens is 1. The van der Waals surface area contributed by atoms with Gasteiger partial charge in [0.05, 0.1) is 0 Å². The van der Waals surface area contributed by atoms with Gasteiger partial charge in [0.1, 0.15) is 4.60 Å². The van der Waals surface area contributed by atoms with Gasteiger partial charge in [-0.15, -0.1) is 22.7 Å². The van der Waals surface area contributed by atoms with E-state index in [9.17, 15) is 0 Å². The number of hydrogen-bond acceptors (Lipinski definition) is 4. The van der Waals surface area contributed by atoms with E-state index in [1.54, 1.807) is 28.9 Å². The molecule has 0 aliphatic carbocycles. The Bertz CT molecular complexity index is 341. The monoisotopic (exact) mass is 246 g/mol. The second-order valence-corrected chi connectivity index (χ2v) is 4.38. The van der Waals surface area contributed by atoms with E-state index < -0.39 is 0 Å². The highest BCUT2D eigenvalue weighted by atomic mass is 79.9. The van der Waals surface area contributed by atoms with Gasteiger partial charge >= 0.3 is 0 Å². The van der Waals surface area contributed by atoms with E-state index in [0.29, 0.717) is 0 Å². The molecule has 0 spiro atoms. The molecule has 0 atom stereocenters. The molecule has 0 amide bonds. The Kier molecular flexibility index (Phi) is 2.02. The van der Waals surface area contributed by atoms with Crippen LogP contribution in [0.15, 0.2) is 21.6 Å². The van der Waals surface area contributed by atoms with Crippen LogP contribution >= 0.6 is 38.6 Å². The Morgan fingerprint density at radius 3 is 2.73 bits per heavy atom. The molecule has 0 aromatic carbocycles. The molecule has 0 unspecified atom stereocenters. The molecule has 0 aliphatic heterocycles. The zero-order valence-corrected chi connectivity index (χ0v) is 8.54. The molecule has 0 saturated heterocycles. The third kappa shape index (κ3) is 1.50. The fraction of sp³-hybridized carbons (Fsp3) is 0. The highest BCUT2D eigenvalue weighted by Gasteiger charge is 2.03. The summed E-state index contributed by atoms with van der Waals surface area (Å²) >= 11 is 6.50. The van der Waals surface area contributed by atoms with Crippen molar-refractivity contribution in [2.45, 2.75) is 0 Å². The van der Waals surface area contributed by atoms with E-state index in [1.807, 2.05) is 10.8 Å². The molecule has 2 nitrogen and oxygen atoms in total. The van der Waals surface area contributed by atoms with E-state index in [0.717, 1.165) is 14.6 Å². The third-order valence-corrected chi connectivity index (χ3v) is 3.56. The molecule has 0 aliphatic rings. The standard InChI is InChI=1S/C6H3BrN2S2/c7-4-3-11-6(9-4)5-8-1-2-10-5/h1-3H. The maximum atomic E-state index is 4.24. The van der Waals surface area contributed by atoms with E-state index in [2.05, 4.69) is 25.9 Å². The highest BCUT2D eigenvalue weighted by molar-refractivity contribution is 9.10. The molecular weight excluding hydrogens is 244 g/mol. The molecule has 2 aromatic rings. The van der Waals surface area contributed by atoms with Crippen molar-refractivity contribution in [1.29, 1.82) is 0 Å². The molecule has 56 valence electrons. The summed E-state index contributed by atoms with van der Waals surface area (Å²) in [6.07, 6.45) is 1.79. The van der Waals surface area contributed by atoms with Crippen LogP contribution in [0.5, 0.6) is 0 Å². The Morgan fingerprint density at radius 1 is 1.27 bits per heavy atom. The SMILES string of the molecule is Brc1csc(-c2nccs2)n1. The first kappa shape index (κ1) is 7.39. The second kappa shape index (κ2) is 3.00. The van der Waals surface area contributed by atoms with E-state index in [4.69, 9.17) is 0 Å². The van der Waals surface area contributed by atoms with Crippen molar-refractivity contribution in [3.05, 3.63) is 21.6 Å². The molecule has 2 heterocycles. The second-order valence-electron chi connectivity index (χ2n) is 1.81. The van der Waals surface area contributed by atoms with Gasteiger partial charge in [0.2, 0.25) is 0 Å². The largest absolute Gasteiger partial charge is 0.242 e. The van der Waals surface area contributed by atoms with Crippen LogP contribution in [-0.2, 0) is 0 Å². The lowest BCUT2D eigenvalue weighted by molar-refractivity contribution is 1.33. The van der Waals surface area contributed by atoms with Gasteiger partial charge in [-0.2, -0.15) is 0 Å². The molecule has 0 fully saturated rings. The summed E-state index contributed by atoms with van der Waals surface area (Å²) < 4.78 is 0.882. The van der Waals surface area contributed by atoms with Crippen LogP contribution < -0.4 is 0 Å². The van der Waals surface area contributed by atoms with Gasteiger partial charge in [0.15, 0.2) is 10.0 Å². The average Bonchev–Trinajstić information content (AvgIpc) is 2.55. The van der Waals surface area contributed by atoms with Crippen molar-refractivity contribution in [2.24, 2.45) is 0 Å². The Morgan fingerprint density at radius 2 is 2.18 bits per heavy atom. The number of hydrogen-bond donors (Lipinski definition) is 0. The molecule has 11 heavy (non-hydrogen) atoms. The molecule has 0 saturated carbocycles. The van der Waals surface area contributed by atoms with Gasteiger partial charge < -0.3 is 0 Å². The fourth-order valence-electron chi connectivity index (χ4n) is 0.681. The normalized spacial score (nSPS) is 10.3. The van der Waals surface area contributed by atoms with Gasteiger partial charge in [-0.3, -0.25) is 0 Å². The van der Waals surface area contributed by atoms with Crippen LogP contribution in [0.2, 0.25) is 0 Å². The summed E-state index contributed by atoms with van der Waals surface area (Å²) in [5.74, 6) is 0. The lowest BCUT2D eigenvalue weighted by atomic mass is 10.7. The minimum Gasteiger partial charge on any atom is -0.242 e. The van der Waals surface area contributed by atoms with Crippen molar-refractivity contribution >= 4 is 38.6 Å². The van der Waals surface area contributed by atoms with Crippen LogP contribution in [0.4, 0.5) is 0 Å². The third-order valence-electron chi connectivity index (χ3n) is 1.09. The maximum absolute atomic E-state index is 4.24. The highest BCUT2D eigenvalue weighted by Crippen LogP contribution is 2.26. The van der Waals surface area contributed by atoms with Crippen LogP contribution in [0.1, 0.15) is 0 Å². The van der Waals surface area contributed by atoms with Crippen molar-refractivity contribution in [2.75, 3.05) is 0 Å². The molecule has 2 rings (SSSR count). The smallest absolute Gasteiger partial charge is 0.153 e. The predicted octanol–water partition coefficient (Wildman–Crippen LogP) is 3.03. The molecule has 5 heteroatoms.